The molecule has 6 nitrogen and oxygen atoms in total. The maximum Gasteiger partial charge on any atom is 0.288 e. The number of benzene rings is 2. The highest BCUT2D eigenvalue weighted by molar-refractivity contribution is 6.32. The van der Waals surface area contributed by atoms with Gasteiger partial charge in [-0.1, -0.05) is 41.4 Å². The third-order valence-electron chi connectivity index (χ3n) is 3.43. The molecule has 2 aromatic rings. The van der Waals surface area contributed by atoms with E-state index in [0.717, 1.165) is 16.7 Å². The lowest BCUT2D eigenvalue weighted by Gasteiger charge is -2.06. The third kappa shape index (κ3) is 4.63. The first-order valence-electron chi connectivity index (χ1n) is 7.19. The van der Waals surface area contributed by atoms with Gasteiger partial charge in [-0.05, 0) is 31.0 Å². The first-order valence-corrected chi connectivity index (χ1v) is 7.56. The van der Waals surface area contributed by atoms with Crippen LogP contribution in [0.5, 0.6) is 0 Å². The van der Waals surface area contributed by atoms with Crippen molar-refractivity contribution >= 4 is 29.4 Å². The molecule has 0 atom stereocenters. The van der Waals surface area contributed by atoms with Gasteiger partial charge in [-0.15, -0.1) is 0 Å². The number of halogens is 1. The molecule has 7 heteroatoms. The van der Waals surface area contributed by atoms with E-state index >= 15 is 0 Å². The average molecular weight is 346 g/mol. The fourth-order valence-electron chi connectivity index (χ4n) is 2.13. The summed E-state index contributed by atoms with van der Waals surface area (Å²) >= 11 is 5.74. The summed E-state index contributed by atoms with van der Waals surface area (Å²) in [6.07, 6.45) is 1.55. The number of aryl methyl sites for hydroxylation is 2. The lowest BCUT2D eigenvalue weighted by Crippen LogP contribution is -2.20. The average Bonchev–Trinajstić information content (AvgIpc) is 2.52. The first-order chi connectivity index (χ1) is 11.4. The van der Waals surface area contributed by atoms with E-state index in [9.17, 15) is 14.9 Å². The lowest BCUT2D eigenvalue weighted by atomic mass is 10.0. The Morgan fingerprint density at radius 3 is 2.75 bits per heavy atom. The largest absolute Gasteiger partial charge is 0.288 e. The van der Waals surface area contributed by atoms with Gasteiger partial charge in [-0.25, -0.2) is 5.43 Å². The van der Waals surface area contributed by atoms with Crippen LogP contribution in [0.15, 0.2) is 41.5 Å². The summed E-state index contributed by atoms with van der Waals surface area (Å²) in [5, 5.41) is 14.7. The molecule has 1 N–H and O–H groups in total. The standard InChI is InChI=1S/C17H16ClN3O3/c1-11-3-4-12(2)14(7-11)9-17(22)20-19-10-13-5-6-15(18)16(8-13)21(23)24/h3-8,10H,9H2,1-2H3,(H,20,22)/b19-10+. The van der Waals surface area contributed by atoms with Crippen LogP contribution < -0.4 is 5.43 Å². The monoisotopic (exact) mass is 345 g/mol. The normalized spacial score (nSPS) is 10.8. The number of nitro groups is 1. The second kappa shape index (κ2) is 7.70. The third-order valence-corrected chi connectivity index (χ3v) is 3.75. The van der Waals surface area contributed by atoms with Gasteiger partial charge < -0.3 is 0 Å². The molecule has 0 aromatic heterocycles. The number of hydrogen-bond acceptors (Lipinski definition) is 4. The quantitative estimate of drug-likeness (QED) is 0.511. The highest BCUT2D eigenvalue weighted by Crippen LogP contribution is 2.24. The topological polar surface area (TPSA) is 84.6 Å². The molecule has 1 amide bonds. The van der Waals surface area contributed by atoms with E-state index in [4.69, 9.17) is 11.6 Å². The molecule has 0 spiro atoms. The summed E-state index contributed by atoms with van der Waals surface area (Å²) in [5.41, 5.74) is 5.74. The molecule has 2 aromatic carbocycles. The fourth-order valence-corrected chi connectivity index (χ4v) is 2.32. The number of nitro benzene ring substituents is 1. The molecule has 0 saturated heterocycles. The Bertz CT molecular complexity index is 819. The molecule has 0 heterocycles. The zero-order valence-corrected chi connectivity index (χ0v) is 14.0. The van der Waals surface area contributed by atoms with Gasteiger partial charge in [0.1, 0.15) is 5.02 Å². The van der Waals surface area contributed by atoms with Crippen LogP contribution in [-0.4, -0.2) is 17.0 Å². The van der Waals surface area contributed by atoms with Crippen LogP contribution in [0.4, 0.5) is 5.69 Å². The summed E-state index contributed by atoms with van der Waals surface area (Å²) < 4.78 is 0. The minimum atomic E-state index is -0.571. The number of nitrogens with one attached hydrogen (secondary N) is 1. The van der Waals surface area contributed by atoms with Gasteiger partial charge in [-0.2, -0.15) is 5.10 Å². The molecule has 24 heavy (non-hydrogen) atoms. The molecule has 0 radical (unpaired) electrons. The van der Waals surface area contributed by atoms with Crippen LogP contribution in [0.3, 0.4) is 0 Å². The Hall–Kier alpha value is -2.73. The number of nitrogens with zero attached hydrogens (tertiary/aromatic N) is 2. The summed E-state index contributed by atoms with van der Waals surface area (Å²) in [5.74, 6) is -0.261. The lowest BCUT2D eigenvalue weighted by molar-refractivity contribution is -0.384. The summed E-state index contributed by atoms with van der Waals surface area (Å²) in [6.45, 7) is 3.91. The SMILES string of the molecule is Cc1ccc(C)c(CC(=O)N/N=C/c2ccc(Cl)c([N+](=O)[O-])c2)c1. The van der Waals surface area contributed by atoms with Crippen molar-refractivity contribution < 1.29 is 9.72 Å². The number of hydrogen-bond donors (Lipinski definition) is 1. The van der Waals surface area contributed by atoms with Crippen LogP contribution in [0.1, 0.15) is 22.3 Å². The number of carbonyl (C=O) groups is 1. The van der Waals surface area contributed by atoms with Crippen LogP contribution in [0, 0.1) is 24.0 Å². The molecule has 0 bridgehead atoms. The maximum atomic E-state index is 11.9. The Morgan fingerprint density at radius 1 is 1.29 bits per heavy atom. The van der Waals surface area contributed by atoms with Gasteiger partial charge in [0.2, 0.25) is 5.91 Å². The second-order valence-corrected chi connectivity index (χ2v) is 5.78. The molecular weight excluding hydrogens is 330 g/mol. The summed E-state index contributed by atoms with van der Waals surface area (Å²) in [6, 6.07) is 10.2. The Balaban J connectivity index is 2.01. The van der Waals surface area contributed by atoms with Gasteiger partial charge in [-0.3, -0.25) is 14.9 Å². The smallest absolute Gasteiger partial charge is 0.273 e. The van der Waals surface area contributed by atoms with Crippen molar-refractivity contribution in [3.05, 3.63) is 73.8 Å². The molecule has 0 unspecified atom stereocenters. The van der Waals surface area contributed by atoms with E-state index in [-0.39, 0.29) is 23.0 Å². The number of carbonyl (C=O) groups excluding carboxylic acids is 1. The fraction of sp³-hybridized carbons (Fsp3) is 0.176. The predicted molar refractivity (Wildman–Crippen MR) is 93.5 cm³/mol. The molecule has 2 rings (SSSR count). The minimum absolute atomic E-state index is 0.0520. The van der Waals surface area contributed by atoms with Crippen molar-refractivity contribution in [1.82, 2.24) is 5.43 Å². The van der Waals surface area contributed by atoms with Crippen molar-refractivity contribution in [2.45, 2.75) is 20.3 Å². The summed E-state index contributed by atoms with van der Waals surface area (Å²) in [4.78, 5) is 22.2. The molecule has 124 valence electrons. The summed E-state index contributed by atoms with van der Waals surface area (Å²) in [7, 11) is 0. The van der Waals surface area contributed by atoms with E-state index in [0.29, 0.717) is 5.56 Å². The molecular formula is C17H16ClN3O3. The van der Waals surface area contributed by atoms with Crippen LogP contribution in [0.25, 0.3) is 0 Å². The zero-order valence-electron chi connectivity index (χ0n) is 13.2. The number of hydrazone groups is 1. The van der Waals surface area contributed by atoms with Crippen molar-refractivity contribution in [1.29, 1.82) is 0 Å². The van der Waals surface area contributed by atoms with Gasteiger partial charge in [0, 0.05) is 11.6 Å². The van der Waals surface area contributed by atoms with Crippen molar-refractivity contribution in [3.63, 3.8) is 0 Å². The van der Waals surface area contributed by atoms with Crippen LogP contribution in [0.2, 0.25) is 5.02 Å². The van der Waals surface area contributed by atoms with Gasteiger partial charge >= 0.3 is 0 Å². The highest BCUT2D eigenvalue weighted by atomic mass is 35.5. The first kappa shape index (κ1) is 17.6. The van der Waals surface area contributed by atoms with Crippen molar-refractivity contribution in [2.24, 2.45) is 5.10 Å². The Kier molecular flexibility index (Phi) is 5.65. The van der Waals surface area contributed by atoms with E-state index < -0.39 is 4.92 Å². The predicted octanol–water partition coefficient (Wildman–Crippen LogP) is 3.56. The molecule has 0 aliphatic heterocycles. The van der Waals surface area contributed by atoms with Crippen LogP contribution >= 0.6 is 11.6 Å². The molecule has 0 aliphatic carbocycles. The van der Waals surface area contributed by atoms with Crippen LogP contribution in [-0.2, 0) is 11.2 Å². The molecule has 0 fully saturated rings. The van der Waals surface area contributed by atoms with Gasteiger partial charge in [0.15, 0.2) is 0 Å². The van der Waals surface area contributed by atoms with Crippen molar-refractivity contribution in [2.75, 3.05) is 0 Å². The Labute approximate surface area is 144 Å². The number of rotatable bonds is 5. The van der Waals surface area contributed by atoms with Crippen molar-refractivity contribution in [3.8, 4) is 0 Å². The minimum Gasteiger partial charge on any atom is -0.273 e. The van der Waals surface area contributed by atoms with E-state index in [1.54, 1.807) is 6.07 Å². The van der Waals surface area contributed by atoms with E-state index in [1.165, 1.54) is 18.3 Å². The number of amides is 1. The highest BCUT2D eigenvalue weighted by Gasteiger charge is 2.12. The molecule has 0 aliphatic rings. The van der Waals surface area contributed by atoms with E-state index in [2.05, 4.69) is 10.5 Å². The Morgan fingerprint density at radius 2 is 2.04 bits per heavy atom. The second-order valence-electron chi connectivity index (χ2n) is 5.37. The molecule has 0 saturated carbocycles. The maximum absolute atomic E-state index is 11.9. The van der Waals surface area contributed by atoms with Gasteiger partial charge in [0.25, 0.3) is 5.69 Å². The van der Waals surface area contributed by atoms with Gasteiger partial charge in [0.05, 0.1) is 17.6 Å². The van der Waals surface area contributed by atoms with E-state index in [1.807, 2.05) is 32.0 Å². The zero-order chi connectivity index (χ0) is 17.7.